The van der Waals surface area contributed by atoms with E-state index < -0.39 is 0 Å². The van der Waals surface area contributed by atoms with Crippen molar-refractivity contribution >= 4 is 15.9 Å². The van der Waals surface area contributed by atoms with Gasteiger partial charge >= 0.3 is 0 Å². The van der Waals surface area contributed by atoms with E-state index in [1.165, 1.54) is 26.7 Å². The first-order chi connectivity index (χ1) is 9.11. The number of halogens is 1. The number of aromatic nitrogens is 1. The lowest BCUT2D eigenvalue weighted by Crippen LogP contribution is -2.19. The van der Waals surface area contributed by atoms with Crippen LogP contribution in [0.1, 0.15) is 28.3 Å². The van der Waals surface area contributed by atoms with Gasteiger partial charge in [0.15, 0.2) is 0 Å². The van der Waals surface area contributed by atoms with Crippen LogP contribution in [-0.4, -0.2) is 12.0 Å². The fourth-order valence-corrected chi connectivity index (χ4v) is 2.55. The highest BCUT2D eigenvalue weighted by Crippen LogP contribution is 2.27. The lowest BCUT2D eigenvalue weighted by molar-refractivity contribution is 0.590. The first-order valence-electron chi connectivity index (χ1n) is 6.44. The Balaban J connectivity index is 2.27. The summed E-state index contributed by atoms with van der Waals surface area (Å²) in [6.45, 7) is 4.27. The lowest BCUT2D eigenvalue weighted by Gasteiger charge is -2.19. The Bertz CT molecular complexity index is 529. The predicted molar refractivity (Wildman–Crippen MR) is 83.4 cm³/mol. The molecule has 1 heterocycles. The zero-order valence-electron chi connectivity index (χ0n) is 11.6. The summed E-state index contributed by atoms with van der Waals surface area (Å²) in [5, 5.41) is 3.40. The topological polar surface area (TPSA) is 24.9 Å². The summed E-state index contributed by atoms with van der Waals surface area (Å²) in [4.78, 5) is 4.18. The van der Waals surface area contributed by atoms with Gasteiger partial charge in [-0.25, -0.2) is 0 Å². The predicted octanol–water partition coefficient (Wildman–Crippen LogP) is 3.96. The van der Waals surface area contributed by atoms with Gasteiger partial charge in [0.2, 0.25) is 0 Å². The van der Waals surface area contributed by atoms with Crippen molar-refractivity contribution in [3.8, 4) is 0 Å². The molecule has 2 rings (SSSR count). The molecule has 1 atom stereocenters. The Morgan fingerprint density at radius 1 is 1.26 bits per heavy atom. The highest BCUT2D eigenvalue weighted by Gasteiger charge is 2.12. The van der Waals surface area contributed by atoms with Gasteiger partial charge < -0.3 is 5.32 Å². The Hall–Kier alpha value is -1.19. The Kier molecular flexibility index (Phi) is 4.72. The molecule has 19 heavy (non-hydrogen) atoms. The van der Waals surface area contributed by atoms with Crippen LogP contribution in [0.25, 0.3) is 0 Å². The molecule has 3 heteroatoms. The number of likely N-dealkylation sites (N-methyl/N-ethyl adjacent to an activating group) is 1. The summed E-state index contributed by atoms with van der Waals surface area (Å²) >= 11 is 3.62. The summed E-state index contributed by atoms with van der Waals surface area (Å²) in [5.41, 5.74) is 5.13. The van der Waals surface area contributed by atoms with Gasteiger partial charge in [-0.2, -0.15) is 0 Å². The van der Waals surface area contributed by atoms with E-state index in [9.17, 15) is 0 Å². The second-order valence-electron chi connectivity index (χ2n) is 4.88. The van der Waals surface area contributed by atoms with Crippen molar-refractivity contribution in [3.05, 3.63) is 63.4 Å². The van der Waals surface area contributed by atoms with Crippen molar-refractivity contribution in [3.63, 3.8) is 0 Å². The fraction of sp³-hybridized carbons (Fsp3) is 0.312. The van der Waals surface area contributed by atoms with E-state index in [0.717, 1.165) is 6.42 Å². The van der Waals surface area contributed by atoms with Crippen LogP contribution in [0, 0.1) is 13.8 Å². The summed E-state index contributed by atoms with van der Waals surface area (Å²) in [6.07, 6.45) is 4.69. The van der Waals surface area contributed by atoms with Crippen LogP contribution < -0.4 is 5.32 Å². The maximum Gasteiger partial charge on any atom is 0.0359 e. The second-order valence-corrected chi connectivity index (χ2v) is 5.67. The quantitative estimate of drug-likeness (QED) is 0.922. The second kappa shape index (κ2) is 6.31. The minimum atomic E-state index is 0.315. The molecule has 1 aromatic heterocycles. The molecule has 0 amide bonds. The van der Waals surface area contributed by atoms with E-state index in [0.29, 0.717) is 6.04 Å². The molecule has 0 aliphatic rings. The normalized spacial score (nSPS) is 12.4. The zero-order valence-corrected chi connectivity index (χ0v) is 13.2. The Morgan fingerprint density at radius 3 is 2.47 bits per heavy atom. The van der Waals surface area contributed by atoms with Gasteiger partial charge in [-0.3, -0.25) is 4.98 Å². The van der Waals surface area contributed by atoms with Gasteiger partial charge in [-0.1, -0.05) is 34.1 Å². The molecule has 2 nitrogen and oxygen atoms in total. The van der Waals surface area contributed by atoms with E-state index >= 15 is 0 Å². The van der Waals surface area contributed by atoms with E-state index in [2.05, 4.69) is 58.3 Å². The molecule has 1 aromatic carbocycles. The number of nitrogens with zero attached hydrogens (tertiary/aromatic N) is 1. The first-order valence-corrected chi connectivity index (χ1v) is 7.24. The van der Waals surface area contributed by atoms with Gasteiger partial charge in [-0.05, 0) is 55.6 Å². The number of aryl methyl sites for hydroxylation is 2. The van der Waals surface area contributed by atoms with Crippen molar-refractivity contribution in [1.82, 2.24) is 10.3 Å². The standard InChI is InChI=1S/C16H19BrN2/c1-11-7-14(8-12(2)16(11)17)15(18-3)9-13-5-4-6-19-10-13/h4-8,10,15,18H,9H2,1-3H3. The average molecular weight is 319 g/mol. The van der Waals surface area contributed by atoms with Crippen molar-refractivity contribution in [1.29, 1.82) is 0 Å². The molecule has 0 radical (unpaired) electrons. The maximum atomic E-state index is 4.18. The number of hydrogen-bond donors (Lipinski definition) is 1. The SMILES string of the molecule is CNC(Cc1cccnc1)c1cc(C)c(Br)c(C)c1. The van der Waals surface area contributed by atoms with Crippen LogP contribution in [0.2, 0.25) is 0 Å². The fourth-order valence-electron chi connectivity index (χ4n) is 2.32. The third-order valence-corrected chi connectivity index (χ3v) is 4.62. The molecule has 1 N–H and O–H groups in total. The van der Waals surface area contributed by atoms with Crippen LogP contribution in [0.15, 0.2) is 41.1 Å². The summed E-state index contributed by atoms with van der Waals surface area (Å²) in [5.74, 6) is 0. The molecule has 0 fully saturated rings. The zero-order chi connectivity index (χ0) is 13.8. The van der Waals surface area contributed by atoms with Gasteiger partial charge in [0.25, 0.3) is 0 Å². The van der Waals surface area contributed by atoms with E-state index in [1.54, 1.807) is 0 Å². The highest BCUT2D eigenvalue weighted by molar-refractivity contribution is 9.10. The largest absolute Gasteiger partial charge is 0.313 e. The number of pyridine rings is 1. The molecule has 100 valence electrons. The van der Waals surface area contributed by atoms with Crippen LogP contribution in [0.5, 0.6) is 0 Å². The van der Waals surface area contributed by atoms with Crippen molar-refractivity contribution < 1.29 is 0 Å². The molecule has 2 aromatic rings. The third-order valence-electron chi connectivity index (χ3n) is 3.37. The Morgan fingerprint density at radius 2 is 1.95 bits per heavy atom. The van der Waals surface area contributed by atoms with Gasteiger partial charge in [0.1, 0.15) is 0 Å². The number of hydrogen-bond acceptors (Lipinski definition) is 2. The third kappa shape index (κ3) is 3.43. The molecule has 0 spiro atoms. The molecule has 0 saturated heterocycles. The Labute approximate surface area is 123 Å². The monoisotopic (exact) mass is 318 g/mol. The van der Waals surface area contributed by atoms with Crippen molar-refractivity contribution in [2.45, 2.75) is 26.3 Å². The minimum absolute atomic E-state index is 0.315. The van der Waals surface area contributed by atoms with E-state index in [1.807, 2.05) is 25.5 Å². The summed E-state index contributed by atoms with van der Waals surface area (Å²) in [7, 11) is 2.01. The molecule has 0 aliphatic heterocycles. The number of rotatable bonds is 4. The number of nitrogens with one attached hydrogen (secondary N) is 1. The average Bonchev–Trinajstić information content (AvgIpc) is 2.42. The van der Waals surface area contributed by atoms with E-state index in [4.69, 9.17) is 0 Å². The molecular formula is C16H19BrN2. The van der Waals surface area contributed by atoms with E-state index in [-0.39, 0.29) is 0 Å². The van der Waals surface area contributed by atoms with Gasteiger partial charge in [0, 0.05) is 22.9 Å². The molecule has 1 unspecified atom stereocenters. The highest BCUT2D eigenvalue weighted by atomic mass is 79.9. The smallest absolute Gasteiger partial charge is 0.0359 e. The number of benzene rings is 1. The lowest BCUT2D eigenvalue weighted by atomic mass is 9.97. The van der Waals surface area contributed by atoms with Gasteiger partial charge in [-0.15, -0.1) is 0 Å². The summed E-state index contributed by atoms with van der Waals surface area (Å²) < 4.78 is 1.20. The molecular weight excluding hydrogens is 300 g/mol. The van der Waals surface area contributed by atoms with Gasteiger partial charge in [0.05, 0.1) is 0 Å². The van der Waals surface area contributed by atoms with Crippen LogP contribution in [0.4, 0.5) is 0 Å². The molecule has 0 aliphatic carbocycles. The minimum Gasteiger partial charge on any atom is -0.313 e. The van der Waals surface area contributed by atoms with Crippen LogP contribution in [0.3, 0.4) is 0 Å². The molecule has 0 saturated carbocycles. The maximum absolute atomic E-state index is 4.18. The van der Waals surface area contributed by atoms with Crippen molar-refractivity contribution in [2.24, 2.45) is 0 Å². The van der Waals surface area contributed by atoms with Crippen molar-refractivity contribution in [2.75, 3.05) is 7.05 Å². The summed E-state index contributed by atoms with van der Waals surface area (Å²) in [6, 6.07) is 8.91. The van der Waals surface area contributed by atoms with Crippen LogP contribution in [-0.2, 0) is 6.42 Å². The first kappa shape index (κ1) is 14.2. The van der Waals surface area contributed by atoms with Crippen LogP contribution >= 0.6 is 15.9 Å². The molecule has 0 bridgehead atoms.